The summed E-state index contributed by atoms with van der Waals surface area (Å²) in [5, 5.41) is 17.4. The van der Waals surface area contributed by atoms with E-state index in [0.717, 1.165) is 43.9 Å². The largest absolute Gasteiger partial charge is 0.508 e. The number of para-hydroxylation sites is 1. The van der Waals surface area contributed by atoms with Crippen molar-refractivity contribution < 1.29 is 9.90 Å². The van der Waals surface area contributed by atoms with Gasteiger partial charge in [0.1, 0.15) is 11.6 Å². The highest BCUT2D eigenvalue weighted by Crippen LogP contribution is 2.28. The highest BCUT2D eigenvalue weighted by atomic mass is 16.3. The first kappa shape index (κ1) is 18.5. The molecule has 2 N–H and O–H groups in total. The molecule has 2 aromatic rings. The number of nitrogens with one attached hydrogen (secondary N) is 1. The van der Waals surface area contributed by atoms with Gasteiger partial charge < -0.3 is 10.4 Å². The molecule has 0 bridgehead atoms. The van der Waals surface area contributed by atoms with Crippen molar-refractivity contribution >= 4 is 11.7 Å². The molecule has 3 rings (SSSR count). The van der Waals surface area contributed by atoms with Crippen molar-refractivity contribution in [3.05, 3.63) is 42.1 Å². The summed E-state index contributed by atoms with van der Waals surface area (Å²) >= 11 is 0. The Kier molecular flexibility index (Phi) is 5.32. The lowest BCUT2D eigenvalue weighted by molar-refractivity contribution is -0.123. The van der Waals surface area contributed by atoms with Crippen molar-refractivity contribution in [2.45, 2.75) is 46.2 Å². The molecular formula is C20H28N4O2. The third-order valence-electron chi connectivity index (χ3n) is 4.88. The number of benzene rings is 1. The molecule has 0 radical (unpaired) electrons. The molecule has 1 amide bonds. The molecule has 1 aliphatic rings. The lowest BCUT2D eigenvalue weighted by Gasteiger charge is -2.33. The zero-order chi connectivity index (χ0) is 18.7. The van der Waals surface area contributed by atoms with Gasteiger partial charge in [-0.2, -0.15) is 5.10 Å². The van der Waals surface area contributed by atoms with E-state index in [0.29, 0.717) is 5.75 Å². The van der Waals surface area contributed by atoms with Crippen LogP contribution in [0.1, 0.15) is 45.2 Å². The highest BCUT2D eigenvalue weighted by molar-refractivity contribution is 5.93. The Hall–Kier alpha value is -2.34. The molecule has 0 spiro atoms. The summed E-state index contributed by atoms with van der Waals surface area (Å²) < 4.78 is 1.95. The fourth-order valence-electron chi connectivity index (χ4n) is 3.22. The first-order chi connectivity index (χ1) is 12.3. The van der Waals surface area contributed by atoms with Crippen LogP contribution in [0.2, 0.25) is 0 Å². The Morgan fingerprint density at radius 1 is 1.23 bits per heavy atom. The van der Waals surface area contributed by atoms with E-state index in [-0.39, 0.29) is 11.9 Å². The summed E-state index contributed by atoms with van der Waals surface area (Å²) in [6.45, 7) is 8.34. The van der Waals surface area contributed by atoms with Crippen LogP contribution in [0, 0.1) is 5.41 Å². The van der Waals surface area contributed by atoms with Gasteiger partial charge in [-0.25, -0.2) is 4.68 Å². The van der Waals surface area contributed by atoms with Crippen molar-refractivity contribution in [3.63, 3.8) is 0 Å². The third kappa shape index (κ3) is 4.25. The lowest BCUT2D eigenvalue weighted by Crippen LogP contribution is -2.35. The molecule has 1 aliphatic heterocycles. The number of amides is 1. The summed E-state index contributed by atoms with van der Waals surface area (Å²) in [5.74, 6) is 1.12. The Morgan fingerprint density at radius 3 is 2.58 bits per heavy atom. The molecule has 6 heteroatoms. The first-order valence-corrected chi connectivity index (χ1v) is 9.19. The minimum atomic E-state index is -0.434. The smallest absolute Gasteiger partial charge is 0.230 e. The summed E-state index contributed by atoms with van der Waals surface area (Å²) in [4.78, 5) is 14.6. The van der Waals surface area contributed by atoms with E-state index in [1.54, 1.807) is 12.3 Å². The molecule has 0 aliphatic carbocycles. The van der Waals surface area contributed by atoms with E-state index in [1.165, 1.54) is 0 Å². The number of hydrogen-bond acceptors (Lipinski definition) is 4. The number of hydrogen-bond donors (Lipinski definition) is 2. The summed E-state index contributed by atoms with van der Waals surface area (Å²) in [7, 11) is 0. The van der Waals surface area contributed by atoms with Gasteiger partial charge in [-0.1, -0.05) is 39.0 Å². The molecule has 0 atom stereocenters. The fourth-order valence-corrected chi connectivity index (χ4v) is 3.22. The number of phenolic OH excluding ortho intramolecular Hbond substituents is 1. The average molecular weight is 356 g/mol. The third-order valence-corrected chi connectivity index (χ3v) is 4.88. The number of carbonyl (C=O) groups is 1. The zero-order valence-corrected chi connectivity index (χ0v) is 15.8. The van der Waals surface area contributed by atoms with E-state index in [4.69, 9.17) is 0 Å². The Morgan fingerprint density at radius 2 is 1.92 bits per heavy atom. The van der Waals surface area contributed by atoms with E-state index >= 15 is 0 Å². The van der Waals surface area contributed by atoms with Crippen molar-refractivity contribution in [2.75, 3.05) is 18.4 Å². The van der Waals surface area contributed by atoms with Crippen molar-refractivity contribution in [3.8, 4) is 5.75 Å². The predicted molar refractivity (Wildman–Crippen MR) is 102 cm³/mol. The van der Waals surface area contributed by atoms with Gasteiger partial charge in [-0.05, 0) is 18.9 Å². The van der Waals surface area contributed by atoms with Crippen LogP contribution >= 0.6 is 0 Å². The number of likely N-dealkylation sites (tertiary alicyclic amines) is 1. The SMILES string of the molecule is CC(C)(C)C(=O)Nc1ccnn1C1CCN(Cc2ccccc2O)CC1. The standard InChI is InChI=1S/C20H28N4O2/c1-20(2,3)19(26)22-18-8-11-21-24(18)16-9-12-23(13-10-16)14-15-6-4-5-7-17(15)25/h4-8,11,16,25H,9-10,12-14H2,1-3H3,(H,22,26). The second kappa shape index (κ2) is 7.50. The molecule has 140 valence electrons. The van der Waals surface area contributed by atoms with Crippen molar-refractivity contribution in [1.82, 2.24) is 14.7 Å². The van der Waals surface area contributed by atoms with Gasteiger partial charge in [-0.15, -0.1) is 0 Å². The maximum atomic E-state index is 12.3. The van der Waals surface area contributed by atoms with Crippen LogP contribution in [0.25, 0.3) is 0 Å². The molecule has 1 aromatic heterocycles. The van der Waals surface area contributed by atoms with Crippen LogP contribution in [-0.2, 0) is 11.3 Å². The molecule has 1 fully saturated rings. The quantitative estimate of drug-likeness (QED) is 0.881. The minimum absolute atomic E-state index is 0.00348. The second-order valence-corrected chi connectivity index (χ2v) is 8.00. The van der Waals surface area contributed by atoms with Crippen molar-refractivity contribution in [1.29, 1.82) is 0 Å². The number of rotatable bonds is 4. The Bertz CT molecular complexity index is 755. The maximum Gasteiger partial charge on any atom is 0.230 e. The van der Waals surface area contributed by atoms with Crippen LogP contribution in [-0.4, -0.2) is 38.8 Å². The Balaban J connectivity index is 1.60. The first-order valence-electron chi connectivity index (χ1n) is 9.19. The topological polar surface area (TPSA) is 70.4 Å². The number of aromatic hydroxyl groups is 1. The predicted octanol–water partition coefficient (Wildman–Crippen LogP) is 3.41. The average Bonchev–Trinajstić information content (AvgIpc) is 3.05. The van der Waals surface area contributed by atoms with E-state index in [1.807, 2.05) is 49.7 Å². The molecule has 0 saturated carbocycles. The van der Waals surface area contributed by atoms with E-state index in [9.17, 15) is 9.90 Å². The number of anilines is 1. The van der Waals surface area contributed by atoms with Gasteiger partial charge in [0.15, 0.2) is 0 Å². The number of aromatic nitrogens is 2. The molecule has 1 aromatic carbocycles. The second-order valence-electron chi connectivity index (χ2n) is 8.00. The summed E-state index contributed by atoms with van der Waals surface area (Å²) in [5.41, 5.74) is 0.527. The minimum Gasteiger partial charge on any atom is -0.508 e. The summed E-state index contributed by atoms with van der Waals surface area (Å²) in [6.07, 6.45) is 3.67. The normalized spacial score (nSPS) is 16.6. The van der Waals surface area contributed by atoms with Gasteiger partial charge in [0.05, 0.1) is 12.2 Å². The van der Waals surface area contributed by atoms with Gasteiger partial charge in [0.25, 0.3) is 0 Å². The van der Waals surface area contributed by atoms with Gasteiger partial charge in [0.2, 0.25) is 5.91 Å². The van der Waals surface area contributed by atoms with E-state index in [2.05, 4.69) is 15.3 Å². The number of nitrogens with zero attached hydrogens (tertiary/aromatic N) is 3. The number of carbonyl (C=O) groups excluding carboxylic acids is 1. The van der Waals surface area contributed by atoms with Gasteiger partial charge in [-0.3, -0.25) is 9.69 Å². The van der Waals surface area contributed by atoms with Gasteiger partial charge >= 0.3 is 0 Å². The number of piperidine rings is 1. The van der Waals surface area contributed by atoms with Crippen LogP contribution in [0.4, 0.5) is 5.82 Å². The monoisotopic (exact) mass is 356 g/mol. The molecule has 2 heterocycles. The number of phenols is 1. The molecule has 26 heavy (non-hydrogen) atoms. The lowest BCUT2D eigenvalue weighted by atomic mass is 9.96. The maximum absolute atomic E-state index is 12.3. The molecular weight excluding hydrogens is 328 g/mol. The fraction of sp³-hybridized carbons (Fsp3) is 0.500. The van der Waals surface area contributed by atoms with E-state index < -0.39 is 5.41 Å². The van der Waals surface area contributed by atoms with Crippen molar-refractivity contribution in [2.24, 2.45) is 5.41 Å². The molecule has 0 unspecified atom stereocenters. The molecule has 6 nitrogen and oxygen atoms in total. The molecule has 1 saturated heterocycles. The van der Waals surface area contributed by atoms with Crippen LogP contribution < -0.4 is 5.32 Å². The zero-order valence-electron chi connectivity index (χ0n) is 15.8. The Labute approximate surface area is 154 Å². The summed E-state index contributed by atoms with van der Waals surface area (Å²) in [6, 6.07) is 9.63. The van der Waals surface area contributed by atoms with Crippen LogP contribution in [0.3, 0.4) is 0 Å². The van der Waals surface area contributed by atoms with Crippen LogP contribution in [0.5, 0.6) is 5.75 Å². The van der Waals surface area contributed by atoms with Crippen LogP contribution in [0.15, 0.2) is 36.5 Å². The van der Waals surface area contributed by atoms with Gasteiger partial charge in [0, 0.05) is 36.7 Å². The highest BCUT2D eigenvalue weighted by Gasteiger charge is 2.26.